The molecule has 5 aromatic rings. The van der Waals surface area contributed by atoms with Gasteiger partial charge in [-0.05, 0) is 43.9 Å². The van der Waals surface area contributed by atoms with E-state index in [2.05, 4.69) is 20.4 Å². The topological polar surface area (TPSA) is 132 Å². The normalized spacial score (nSPS) is 15.6. The summed E-state index contributed by atoms with van der Waals surface area (Å²) in [6.07, 6.45) is 4.73. The maximum Gasteiger partial charge on any atom is 0.271 e. The second kappa shape index (κ2) is 8.73. The summed E-state index contributed by atoms with van der Waals surface area (Å²) in [5.74, 6) is -1.11. The van der Waals surface area contributed by atoms with Crippen LogP contribution in [0, 0.1) is 18.7 Å². The fourth-order valence-electron chi connectivity index (χ4n) is 5.59. The minimum atomic E-state index is -0.672. The van der Waals surface area contributed by atoms with Gasteiger partial charge in [0.25, 0.3) is 5.91 Å². The van der Waals surface area contributed by atoms with Gasteiger partial charge in [-0.25, -0.2) is 9.07 Å². The zero-order valence-electron chi connectivity index (χ0n) is 20.7. The number of carbonyl (C=O) groups excluding carboxylic acids is 1. The monoisotopic (exact) mass is 503 g/mol. The lowest BCUT2D eigenvalue weighted by molar-refractivity contribution is 0.0542. The van der Waals surface area contributed by atoms with Crippen molar-refractivity contribution in [3.05, 3.63) is 53.5 Å². The van der Waals surface area contributed by atoms with Crippen LogP contribution in [-0.4, -0.2) is 58.4 Å². The molecule has 5 aromatic heterocycles. The van der Waals surface area contributed by atoms with Gasteiger partial charge in [-0.2, -0.15) is 5.10 Å². The van der Waals surface area contributed by atoms with Crippen LogP contribution >= 0.6 is 0 Å². The summed E-state index contributed by atoms with van der Waals surface area (Å²) in [5, 5.41) is 12.7. The van der Waals surface area contributed by atoms with Crippen molar-refractivity contribution in [1.29, 1.82) is 0 Å². The molecule has 190 valence electrons. The van der Waals surface area contributed by atoms with Crippen molar-refractivity contribution >= 4 is 28.0 Å². The number of carbonyl (C=O) groups is 1. The van der Waals surface area contributed by atoms with Crippen molar-refractivity contribution < 1.29 is 13.9 Å². The highest BCUT2D eigenvalue weighted by molar-refractivity contribution is 6.12. The van der Waals surface area contributed by atoms with Crippen LogP contribution < -0.4 is 5.73 Å². The standard InChI is InChI=1S/C25H26FN9O2/c1-13-21(34(3)32-30-13)15-11-17-19(29-12-15)23-24(20(25(27)36)31-33(23)2)35(17)22(14-6-9-37-10-7-14)18-16(26)5-4-8-28-18/h4-5,8,11-12,14,22H,6-7,9-10H2,1-3H3,(H2,27,36). The number of primary amides is 1. The number of nitrogens with two attached hydrogens (primary N) is 1. The zero-order chi connectivity index (χ0) is 25.8. The second-order valence-corrected chi connectivity index (χ2v) is 9.41. The van der Waals surface area contributed by atoms with Crippen molar-refractivity contribution in [1.82, 2.24) is 39.3 Å². The Hall–Kier alpha value is -4.19. The van der Waals surface area contributed by atoms with Gasteiger partial charge in [-0.3, -0.25) is 19.4 Å². The van der Waals surface area contributed by atoms with Crippen molar-refractivity contribution in [2.75, 3.05) is 13.2 Å². The fourth-order valence-corrected chi connectivity index (χ4v) is 5.59. The Morgan fingerprint density at radius 2 is 1.97 bits per heavy atom. The van der Waals surface area contributed by atoms with Crippen molar-refractivity contribution in [3.8, 4) is 11.3 Å². The van der Waals surface area contributed by atoms with Gasteiger partial charge < -0.3 is 15.0 Å². The molecular formula is C25H26FN9O2. The Labute approximate surface area is 211 Å². The van der Waals surface area contributed by atoms with Gasteiger partial charge in [0.05, 0.1) is 28.6 Å². The summed E-state index contributed by atoms with van der Waals surface area (Å²) in [6.45, 7) is 2.99. The molecule has 12 heteroatoms. The van der Waals surface area contributed by atoms with E-state index in [4.69, 9.17) is 15.5 Å². The molecule has 0 spiro atoms. The third-order valence-corrected chi connectivity index (χ3v) is 7.17. The molecule has 2 N–H and O–H groups in total. The Morgan fingerprint density at radius 1 is 1.19 bits per heavy atom. The van der Waals surface area contributed by atoms with Gasteiger partial charge in [0, 0.05) is 45.3 Å². The lowest BCUT2D eigenvalue weighted by Crippen LogP contribution is -2.28. The number of hydrogen-bond donors (Lipinski definition) is 1. The first-order valence-electron chi connectivity index (χ1n) is 12.1. The number of ether oxygens (including phenoxy) is 1. The largest absolute Gasteiger partial charge is 0.381 e. The summed E-state index contributed by atoms with van der Waals surface area (Å²) in [7, 11) is 3.56. The molecule has 1 fully saturated rings. The number of amides is 1. The summed E-state index contributed by atoms with van der Waals surface area (Å²) in [6, 6.07) is 4.41. The molecule has 0 radical (unpaired) electrons. The highest BCUT2D eigenvalue weighted by Crippen LogP contribution is 2.42. The zero-order valence-corrected chi connectivity index (χ0v) is 20.7. The number of fused-ring (bicyclic) bond motifs is 3. The minimum Gasteiger partial charge on any atom is -0.381 e. The van der Waals surface area contributed by atoms with Crippen LogP contribution in [0.5, 0.6) is 0 Å². The fraction of sp³-hybridized carbons (Fsp3) is 0.360. The van der Waals surface area contributed by atoms with E-state index in [9.17, 15) is 4.79 Å². The maximum atomic E-state index is 15.4. The average molecular weight is 504 g/mol. The molecule has 1 unspecified atom stereocenters. The predicted octanol–water partition coefficient (Wildman–Crippen LogP) is 2.68. The van der Waals surface area contributed by atoms with Gasteiger partial charge in [0.15, 0.2) is 5.69 Å². The van der Waals surface area contributed by atoms with Crippen LogP contribution in [0.15, 0.2) is 30.6 Å². The third kappa shape index (κ3) is 3.58. The molecule has 11 nitrogen and oxygen atoms in total. The highest BCUT2D eigenvalue weighted by atomic mass is 19.1. The first kappa shape index (κ1) is 23.2. The molecule has 6 rings (SSSR count). The van der Waals surface area contributed by atoms with E-state index in [-0.39, 0.29) is 17.3 Å². The molecule has 1 aliphatic heterocycles. The molecule has 0 saturated carbocycles. The molecule has 6 heterocycles. The van der Waals surface area contributed by atoms with E-state index in [0.717, 1.165) is 17.0 Å². The van der Waals surface area contributed by atoms with E-state index < -0.39 is 17.8 Å². The third-order valence-electron chi connectivity index (χ3n) is 7.17. The Kier molecular flexibility index (Phi) is 5.48. The average Bonchev–Trinajstić information content (AvgIpc) is 3.52. The predicted molar refractivity (Wildman–Crippen MR) is 133 cm³/mol. The van der Waals surface area contributed by atoms with Crippen LogP contribution in [-0.2, 0) is 18.8 Å². The first-order chi connectivity index (χ1) is 17.9. The quantitative estimate of drug-likeness (QED) is 0.390. The number of halogens is 1. The summed E-state index contributed by atoms with van der Waals surface area (Å²) >= 11 is 0. The molecular weight excluding hydrogens is 477 g/mol. The van der Waals surface area contributed by atoms with Crippen LogP contribution in [0.1, 0.15) is 40.8 Å². The smallest absolute Gasteiger partial charge is 0.271 e. The summed E-state index contributed by atoms with van der Waals surface area (Å²) < 4.78 is 26.3. The van der Waals surface area contributed by atoms with Crippen LogP contribution in [0.2, 0.25) is 0 Å². The maximum absolute atomic E-state index is 15.4. The van der Waals surface area contributed by atoms with Crippen LogP contribution in [0.4, 0.5) is 4.39 Å². The molecule has 0 aliphatic carbocycles. The van der Waals surface area contributed by atoms with Crippen LogP contribution in [0.3, 0.4) is 0 Å². The molecule has 0 aromatic carbocycles. The molecule has 37 heavy (non-hydrogen) atoms. The van der Waals surface area contributed by atoms with Gasteiger partial charge in [0.1, 0.15) is 22.4 Å². The summed E-state index contributed by atoms with van der Waals surface area (Å²) in [5.41, 5.74) is 11.0. The van der Waals surface area contributed by atoms with Gasteiger partial charge in [-0.15, -0.1) is 5.10 Å². The number of aryl methyl sites for hydroxylation is 3. The SMILES string of the molecule is Cc1nnn(C)c1-c1cnc2c3c(c(C(N)=O)nn3C)n(C(c3ncccc3F)C3CCOCC3)c2c1. The Balaban J connectivity index is 1.74. The number of aromatic nitrogens is 8. The molecule has 0 bridgehead atoms. The molecule has 1 amide bonds. The lowest BCUT2D eigenvalue weighted by atomic mass is 9.88. The minimum absolute atomic E-state index is 0.0124. The van der Waals surface area contributed by atoms with Gasteiger partial charge in [-0.1, -0.05) is 5.21 Å². The Bertz CT molecular complexity index is 1640. The summed E-state index contributed by atoms with van der Waals surface area (Å²) in [4.78, 5) is 21.9. The number of rotatable bonds is 5. The molecule has 1 aliphatic rings. The number of nitrogens with zero attached hydrogens (tertiary/aromatic N) is 8. The van der Waals surface area contributed by atoms with Gasteiger partial charge in [0.2, 0.25) is 0 Å². The van der Waals surface area contributed by atoms with E-state index in [1.165, 1.54) is 6.07 Å². The van der Waals surface area contributed by atoms with E-state index in [1.807, 2.05) is 24.6 Å². The Morgan fingerprint density at radius 3 is 2.65 bits per heavy atom. The van der Waals surface area contributed by atoms with Crippen molar-refractivity contribution in [2.45, 2.75) is 25.8 Å². The van der Waals surface area contributed by atoms with Gasteiger partial charge >= 0.3 is 0 Å². The first-order valence-corrected chi connectivity index (χ1v) is 12.1. The second-order valence-electron chi connectivity index (χ2n) is 9.41. The molecule has 1 atom stereocenters. The lowest BCUT2D eigenvalue weighted by Gasteiger charge is -2.32. The van der Waals surface area contributed by atoms with Crippen molar-refractivity contribution in [3.63, 3.8) is 0 Å². The number of pyridine rings is 2. The van der Waals surface area contributed by atoms with E-state index in [0.29, 0.717) is 48.1 Å². The van der Waals surface area contributed by atoms with Crippen molar-refractivity contribution in [2.24, 2.45) is 25.7 Å². The van der Waals surface area contributed by atoms with E-state index >= 15 is 4.39 Å². The van der Waals surface area contributed by atoms with E-state index in [1.54, 1.807) is 34.9 Å². The highest BCUT2D eigenvalue weighted by Gasteiger charge is 2.35. The molecule has 1 saturated heterocycles. The number of hydrogen-bond acceptors (Lipinski definition) is 7. The van der Waals surface area contributed by atoms with Crippen LogP contribution in [0.25, 0.3) is 33.3 Å².